The van der Waals surface area contributed by atoms with Crippen LogP contribution in [0.2, 0.25) is 0 Å². The second kappa shape index (κ2) is 9.79. The molecule has 0 aliphatic heterocycles. The van der Waals surface area contributed by atoms with Gasteiger partial charge in [-0.25, -0.2) is 0 Å². The van der Waals surface area contributed by atoms with Crippen LogP contribution in [0.5, 0.6) is 5.75 Å². The number of rotatable bonds is 9. The van der Waals surface area contributed by atoms with Crippen molar-refractivity contribution in [3.63, 3.8) is 0 Å². The van der Waals surface area contributed by atoms with E-state index in [-0.39, 0.29) is 11.8 Å². The lowest BCUT2D eigenvalue weighted by Crippen LogP contribution is -2.31. The van der Waals surface area contributed by atoms with Crippen molar-refractivity contribution in [2.24, 2.45) is 0 Å². The Hall–Kier alpha value is -3.01. The molecular formula is C24H27NO3. The fourth-order valence-corrected chi connectivity index (χ4v) is 3.40. The lowest BCUT2D eigenvalue weighted by atomic mass is 9.93. The van der Waals surface area contributed by atoms with Gasteiger partial charge in [-0.1, -0.05) is 49.4 Å². The van der Waals surface area contributed by atoms with Gasteiger partial charge in [-0.3, -0.25) is 4.79 Å². The van der Waals surface area contributed by atoms with Crippen molar-refractivity contribution in [1.82, 2.24) is 4.90 Å². The first-order valence-electron chi connectivity index (χ1n) is 9.70. The highest BCUT2D eigenvalue weighted by Gasteiger charge is 2.20. The van der Waals surface area contributed by atoms with Crippen LogP contribution < -0.4 is 4.74 Å². The molecule has 4 heteroatoms. The lowest BCUT2D eigenvalue weighted by Gasteiger charge is -2.25. The minimum absolute atomic E-state index is 0.124. The van der Waals surface area contributed by atoms with E-state index in [9.17, 15) is 4.79 Å². The van der Waals surface area contributed by atoms with Crippen molar-refractivity contribution < 1.29 is 13.9 Å². The molecule has 1 atom stereocenters. The van der Waals surface area contributed by atoms with E-state index in [4.69, 9.17) is 9.15 Å². The number of hydrogen-bond donors (Lipinski definition) is 0. The van der Waals surface area contributed by atoms with E-state index in [1.165, 1.54) is 5.56 Å². The molecule has 28 heavy (non-hydrogen) atoms. The zero-order chi connectivity index (χ0) is 19.8. The molecular weight excluding hydrogens is 350 g/mol. The standard InChI is InChI=1S/C24H27NO3/c1-3-24(26)25(18-19-11-13-21(27-2)14-12-19)16-15-22(23-10-7-17-28-23)20-8-5-4-6-9-20/h4-14,17,22H,3,15-16,18H2,1-2H3/t22-/m0/s1. The quantitative estimate of drug-likeness (QED) is 0.511. The van der Waals surface area contributed by atoms with Gasteiger partial charge in [0.15, 0.2) is 0 Å². The van der Waals surface area contributed by atoms with Crippen molar-refractivity contribution in [1.29, 1.82) is 0 Å². The lowest BCUT2D eigenvalue weighted by molar-refractivity contribution is -0.131. The molecule has 0 saturated carbocycles. The number of amides is 1. The number of nitrogens with zero attached hydrogens (tertiary/aromatic N) is 1. The molecule has 4 nitrogen and oxygen atoms in total. The molecule has 0 spiro atoms. The Morgan fingerprint density at radius 2 is 1.79 bits per heavy atom. The first kappa shape index (κ1) is 19.7. The van der Waals surface area contributed by atoms with Crippen LogP contribution in [-0.2, 0) is 11.3 Å². The summed E-state index contributed by atoms with van der Waals surface area (Å²) in [7, 11) is 1.65. The number of furan rings is 1. The van der Waals surface area contributed by atoms with E-state index in [2.05, 4.69) is 12.1 Å². The molecule has 0 N–H and O–H groups in total. The molecule has 0 unspecified atom stereocenters. The van der Waals surface area contributed by atoms with Gasteiger partial charge in [0.2, 0.25) is 5.91 Å². The first-order valence-corrected chi connectivity index (χ1v) is 9.70. The monoisotopic (exact) mass is 377 g/mol. The van der Waals surface area contributed by atoms with E-state index in [1.807, 2.05) is 66.4 Å². The number of methoxy groups -OCH3 is 1. The third kappa shape index (κ3) is 5.03. The number of carbonyl (C=O) groups is 1. The fraction of sp³-hybridized carbons (Fsp3) is 0.292. The summed E-state index contributed by atoms with van der Waals surface area (Å²) in [5.74, 6) is 2.03. The Bertz CT molecular complexity index is 841. The molecule has 2 aromatic carbocycles. The summed E-state index contributed by atoms with van der Waals surface area (Å²) in [5, 5.41) is 0. The summed E-state index contributed by atoms with van der Waals surface area (Å²) in [6.45, 7) is 3.17. The van der Waals surface area contributed by atoms with Crippen LogP contribution >= 0.6 is 0 Å². The number of carbonyl (C=O) groups excluding carboxylic acids is 1. The van der Waals surface area contributed by atoms with Gasteiger partial charge in [-0.15, -0.1) is 0 Å². The molecule has 146 valence electrons. The van der Waals surface area contributed by atoms with Crippen LogP contribution in [0.25, 0.3) is 0 Å². The molecule has 1 aromatic heterocycles. The summed E-state index contributed by atoms with van der Waals surface area (Å²) in [6, 6.07) is 22.1. The highest BCUT2D eigenvalue weighted by molar-refractivity contribution is 5.75. The molecule has 1 heterocycles. The highest BCUT2D eigenvalue weighted by atomic mass is 16.5. The van der Waals surface area contributed by atoms with Crippen molar-refractivity contribution in [3.05, 3.63) is 89.9 Å². The largest absolute Gasteiger partial charge is 0.497 e. The molecule has 1 amide bonds. The normalized spacial score (nSPS) is 11.8. The topological polar surface area (TPSA) is 42.7 Å². The Morgan fingerprint density at radius 1 is 1.04 bits per heavy atom. The summed E-state index contributed by atoms with van der Waals surface area (Å²) in [4.78, 5) is 14.5. The highest BCUT2D eigenvalue weighted by Crippen LogP contribution is 2.29. The third-order valence-electron chi connectivity index (χ3n) is 4.96. The second-order valence-corrected chi connectivity index (χ2v) is 6.78. The van der Waals surface area contributed by atoms with Crippen LogP contribution in [0, 0.1) is 0 Å². The maximum absolute atomic E-state index is 12.6. The molecule has 3 rings (SSSR count). The molecule has 0 radical (unpaired) electrons. The molecule has 3 aromatic rings. The SMILES string of the molecule is CCC(=O)N(CC[C@@H](c1ccccc1)c1ccco1)Cc1ccc(OC)cc1. The maximum Gasteiger partial charge on any atom is 0.222 e. The zero-order valence-corrected chi connectivity index (χ0v) is 16.5. The van der Waals surface area contributed by atoms with E-state index in [1.54, 1.807) is 13.4 Å². The average molecular weight is 377 g/mol. The predicted molar refractivity (Wildman–Crippen MR) is 110 cm³/mol. The van der Waals surface area contributed by atoms with E-state index < -0.39 is 0 Å². The third-order valence-corrected chi connectivity index (χ3v) is 4.96. The Labute approximate surface area is 166 Å². The zero-order valence-electron chi connectivity index (χ0n) is 16.5. The van der Waals surface area contributed by atoms with Crippen LogP contribution in [0.3, 0.4) is 0 Å². The van der Waals surface area contributed by atoms with Crippen molar-refractivity contribution in [2.75, 3.05) is 13.7 Å². The Kier molecular flexibility index (Phi) is 6.90. The van der Waals surface area contributed by atoms with Gasteiger partial charge in [0, 0.05) is 25.4 Å². The molecule has 0 bridgehead atoms. The molecule has 0 saturated heterocycles. The van der Waals surface area contributed by atoms with E-state index >= 15 is 0 Å². The smallest absolute Gasteiger partial charge is 0.222 e. The molecule has 0 fully saturated rings. The van der Waals surface area contributed by atoms with Crippen LogP contribution in [0.15, 0.2) is 77.4 Å². The van der Waals surface area contributed by atoms with E-state index in [0.717, 1.165) is 23.5 Å². The maximum atomic E-state index is 12.6. The van der Waals surface area contributed by atoms with Gasteiger partial charge < -0.3 is 14.1 Å². The first-order chi connectivity index (χ1) is 13.7. The second-order valence-electron chi connectivity index (χ2n) is 6.78. The predicted octanol–water partition coefficient (Wildman–Crippen LogP) is 5.25. The van der Waals surface area contributed by atoms with E-state index in [0.29, 0.717) is 19.5 Å². The molecule has 0 aliphatic rings. The van der Waals surface area contributed by atoms with Crippen molar-refractivity contribution in [3.8, 4) is 5.75 Å². The van der Waals surface area contributed by atoms with Crippen LogP contribution in [0.4, 0.5) is 0 Å². The number of benzene rings is 2. The Balaban J connectivity index is 1.74. The van der Waals surface area contributed by atoms with Gasteiger partial charge in [-0.05, 0) is 41.8 Å². The minimum Gasteiger partial charge on any atom is -0.497 e. The summed E-state index contributed by atoms with van der Waals surface area (Å²) >= 11 is 0. The molecule has 0 aliphatic carbocycles. The summed E-state index contributed by atoms with van der Waals surface area (Å²) < 4.78 is 10.9. The summed E-state index contributed by atoms with van der Waals surface area (Å²) in [5.41, 5.74) is 2.29. The van der Waals surface area contributed by atoms with Gasteiger partial charge in [0.05, 0.1) is 13.4 Å². The van der Waals surface area contributed by atoms with Gasteiger partial charge >= 0.3 is 0 Å². The minimum atomic E-state index is 0.124. The van der Waals surface area contributed by atoms with Gasteiger partial charge in [0.1, 0.15) is 11.5 Å². The van der Waals surface area contributed by atoms with Crippen molar-refractivity contribution >= 4 is 5.91 Å². The Morgan fingerprint density at radius 3 is 2.39 bits per heavy atom. The average Bonchev–Trinajstić information content (AvgIpc) is 3.28. The number of ether oxygens (including phenoxy) is 1. The van der Waals surface area contributed by atoms with Crippen molar-refractivity contribution in [2.45, 2.75) is 32.2 Å². The van der Waals surface area contributed by atoms with Gasteiger partial charge in [0.25, 0.3) is 0 Å². The number of hydrogen-bond acceptors (Lipinski definition) is 3. The fourth-order valence-electron chi connectivity index (χ4n) is 3.40. The van der Waals surface area contributed by atoms with Crippen LogP contribution in [-0.4, -0.2) is 24.5 Å². The van der Waals surface area contributed by atoms with Gasteiger partial charge in [-0.2, -0.15) is 0 Å². The van der Waals surface area contributed by atoms with Crippen LogP contribution in [0.1, 0.15) is 42.6 Å². The summed E-state index contributed by atoms with van der Waals surface area (Å²) in [6.07, 6.45) is 3.00.